The van der Waals surface area contributed by atoms with Crippen LogP contribution in [0, 0.1) is 0 Å². The largest absolute Gasteiger partial charge is 0.493 e. The zero-order chi connectivity index (χ0) is 20.8. The summed E-state index contributed by atoms with van der Waals surface area (Å²) in [5, 5.41) is 4.80. The number of alkyl halides is 1. The van der Waals surface area contributed by atoms with Gasteiger partial charge in [0.05, 0.1) is 24.5 Å². The Morgan fingerprint density at radius 1 is 1.10 bits per heavy atom. The number of ether oxygens (including phenoxy) is 2. The second-order valence-electron chi connectivity index (χ2n) is 7.63. The molecule has 0 amide bonds. The smallest absolute Gasteiger partial charge is 0.161 e. The van der Waals surface area contributed by atoms with Crippen LogP contribution in [0.5, 0.6) is 11.5 Å². The fraction of sp³-hybridized carbons (Fsp3) is 0.375. The molecule has 5 nitrogen and oxygen atoms in total. The third-order valence-electron chi connectivity index (χ3n) is 5.52. The highest BCUT2D eigenvalue weighted by Gasteiger charge is 2.20. The molecule has 3 aromatic rings. The summed E-state index contributed by atoms with van der Waals surface area (Å²) >= 11 is 0. The van der Waals surface area contributed by atoms with Gasteiger partial charge >= 0.3 is 0 Å². The minimum absolute atomic E-state index is 0.0422. The lowest BCUT2D eigenvalue weighted by Gasteiger charge is -2.33. The van der Waals surface area contributed by atoms with Crippen molar-refractivity contribution in [1.29, 1.82) is 0 Å². The molecule has 0 aliphatic carbocycles. The van der Waals surface area contributed by atoms with E-state index in [1.54, 1.807) is 7.11 Å². The fourth-order valence-electron chi connectivity index (χ4n) is 3.96. The van der Waals surface area contributed by atoms with Crippen LogP contribution < -0.4 is 14.8 Å². The third-order valence-corrected chi connectivity index (χ3v) is 5.52. The molecular weight excluding hydrogens is 381 g/mol. The van der Waals surface area contributed by atoms with Gasteiger partial charge in [-0.3, -0.25) is 9.88 Å². The van der Waals surface area contributed by atoms with Crippen molar-refractivity contribution < 1.29 is 13.9 Å². The summed E-state index contributed by atoms with van der Waals surface area (Å²) in [6.45, 7) is 2.41. The molecule has 0 radical (unpaired) electrons. The van der Waals surface area contributed by atoms with Crippen molar-refractivity contribution in [3.63, 3.8) is 0 Å². The van der Waals surface area contributed by atoms with Gasteiger partial charge in [-0.2, -0.15) is 0 Å². The molecule has 158 valence electrons. The molecule has 1 N–H and O–H groups in total. The predicted octanol–water partition coefficient (Wildman–Crippen LogP) is 4.67. The van der Waals surface area contributed by atoms with Crippen LogP contribution in [-0.2, 0) is 6.54 Å². The Morgan fingerprint density at radius 2 is 1.93 bits per heavy atom. The standard InChI is InChI=1S/C24H28FN3O2/c1-29-23-7-6-18(14-24(23)30-13-10-25)17-28-11-8-20(9-12-28)27-21-15-19-4-2-3-5-22(19)26-16-21/h2-7,14-16,20,27H,8-13,17H2,1H3. The molecule has 2 heterocycles. The normalized spacial score (nSPS) is 15.3. The maximum Gasteiger partial charge on any atom is 0.161 e. The molecule has 2 aromatic carbocycles. The molecule has 4 rings (SSSR count). The number of nitrogens with one attached hydrogen (secondary N) is 1. The molecule has 0 saturated carbocycles. The number of pyridine rings is 1. The summed E-state index contributed by atoms with van der Waals surface area (Å²) in [6, 6.07) is 16.7. The number of rotatable bonds is 8. The van der Waals surface area contributed by atoms with E-state index in [0.29, 0.717) is 17.5 Å². The minimum Gasteiger partial charge on any atom is -0.493 e. The van der Waals surface area contributed by atoms with Gasteiger partial charge in [0.15, 0.2) is 11.5 Å². The van der Waals surface area contributed by atoms with Gasteiger partial charge in [-0.15, -0.1) is 0 Å². The van der Waals surface area contributed by atoms with Crippen molar-refractivity contribution >= 4 is 16.6 Å². The van der Waals surface area contributed by atoms with Crippen LogP contribution in [0.4, 0.5) is 10.1 Å². The average Bonchev–Trinajstić information content (AvgIpc) is 2.79. The summed E-state index contributed by atoms with van der Waals surface area (Å²) in [7, 11) is 1.60. The number of methoxy groups -OCH3 is 1. The first-order valence-corrected chi connectivity index (χ1v) is 10.4. The van der Waals surface area contributed by atoms with E-state index >= 15 is 0 Å². The number of hydrogen-bond donors (Lipinski definition) is 1. The number of hydrogen-bond acceptors (Lipinski definition) is 5. The predicted molar refractivity (Wildman–Crippen MR) is 118 cm³/mol. The van der Waals surface area contributed by atoms with Gasteiger partial charge in [0.1, 0.15) is 13.3 Å². The van der Waals surface area contributed by atoms with E-state index in [1.165, 1.54) is 0 Å². The van der Waals surface area contributed by atoms with Gasteiger partial charge in [0, 0.05) is 31.1 Å². The van der Waals surface area contributed by atoms with Crippen molar-refractivity contribution in [1.82, 2.24) is 9.88 Å². The lowest BCUT2D eigenvalue weighted by molar-refractivity contribution is 0.210. The van der Waals surface area contributed by atoms with Gasteiger partial charge < -0.3 is 14.8 Å². The topological polar surface area (TPSA) is 46.6 Å². The Morgan fingerprint density at radius 3 is 2.73 bits per heavy atom. The van der Waals surface area contributed by atoms with E-state index in [-0.39, 0.29) is 6.61 Å². The van der Waals surface area contributed by atoms with Crippen LogP contribution in [0.25, 0.3) is 10.9 Å². The Labute approximate surface area is 176 Å². The number of benzene rings is 2. The summed E-state index contributed by atoms with van der Waals surface area (Å²) in [5.74, 6) is 1.24. The monoisotopic (exact) mass is 409 g/mol. The first-order valence-electron chi connectivity index (χ1n) is 10.4. The number of anilines is 1. The molecule has 1 aromatic heterocycles. The summed E-state index contributed by atoms with van der Waals surface area (Å²) in [6.07, 6.45) is 4.08. The highest BCUT2D eigenvalue weighted by Crippen LogP contribution is 2.29. The second kappa shape index (κ2) is 9.76. The molecule has 30 heavy (non-hydrogen) atoms. The number of nitrogens with zero attached hydrogens (tertiary/aromatic N) is 2. The van der Waals surface area contributed by atoms with Crippen molar-refractivity contribution in [3.8, 4) is 11.5 Å². The lowest BCUT2D eigenvalue weighted by atomic mass is 10.0. The van der Waals surface area contributed by atoms with Crippen LogP contribution in [0.3, 0.4) is 0 Å². The van der Waals surface area contributed by atoms with E-state index in [9.17, 15) is 4.39 Å². The first kappa shape index (κ1) is 20.4. The summed E-state index contributed by atoms with van der Waals surface area (Å²) in [5.41, 5.74) is 3.25. The minimum atomic E-state index is -0.513. The lowest BCUT2D eigenvalue weighted by Crippen LogP contribution is -2.38. The van der Waals surface area contributed by atoms with Crippen LogP contribution in [0.2, 0.25) is 0 Å². The summed E-state index contributed by atoms with van der Waals surface area (Å²) in [4.78, 5) is 6.98. The molecule has 1 saturated heterocycles. The Hall–Kier alpha value is -2.86. The van der Waals surface area contributed by atoms with E-state index in [0.717, 1.165) is 54.6 Å². The molecule has 1 aliphatic rings. The van der Waals surface area contributed by atoms with Crippen molar-refractivity contribution in [2.24, 2.45) is 0 Å². The van der Waals surface area contributed by atoms with Crippen LogP contribution in [0.1, 0.15) is 18.4 Å². The van der Waals surface area contributed by atoms with Crippen molar-refractivity contribution in [2.45, 2.75) is 25.4 Å². The maximum absolute atomic E-state index is 12.5. The number of piperidine rings is 1. The SMILES string of the molecule is COc1ccc(CN2CCC(Nc3cnc4ccccc4c3)CC2)cc1OCCF. The second-order valence-corrected chi connectivity index (χ2v) is 7.63. The number of halogens is 1. The van der Waals surface area contributed by atoms with Crippen LogP contribution >= 0.6 is 0 Å². The molecule has 0 spiro atoms. The molecule has 6 heteroatoms. The van der Waals surface area contributed by atoms with Crippen molar-refractivity contribution in [3.05, 3.63) is 60.3 Å². The fourth-order valence-corrected chi connectivity index (χ4v) is 3.96. The van der Waals surface area contributed by atoms with Crippen LogP contribution in [-0.4, -0.2) is 49.4 Å². The highest BCUT2D eigenvalue weighted by molar-refractivity contribution is 5.81. The van der Waals surface area contributed by atoms with E-state index in [2.05, 4.69) is 27.3 Å². The van der Waals surface area contributed by atoms with Gasteiger partial charge in [-0.05, 0) is 42.7 Å². The number of likely N-dealkylation sites (tertiary alicyclic amines) is 1. The van der Waals surface area contributed by atoms with Crippen LogP contribution in [0.15, 0.2) is 54.7 Å². The quantitative estimate of drug-likeness (QED) is 0.586. The third kappa shape index (κ3) is 5.00. The number of para-hydroxylation sites is 1. The van der Waals surface area contributed by atoms with Gasteiger partial charge in [-0.1, -0.05) is 24.3 Å². The summed E-state index contributed by atoms with van der Waals surface area (Å²) < 4.78 is 23.3. The van der Waals surface area contributed by atoms with Crippen molar-refractivity contribution in [2.75, 3.05) is 38.8 Å². The number of aromatic nitrogens is 1. The Kier molecular flexibility index (Phi) is 6.64. The maximum atomic E-state index is 12.5. The van der Waals surface area contributed by atoms with Gasteiger partial charge in [-0.25, -0.2) is 4.39 Å². The average molecular weight is 410 g/mol. The van der Waals surface area contributed by atoms with E-state index < -0.39 is 6.67 Å². The number of fused-ring (bicyclic) bond motifs is 1. The molecule has 0 unspecified atom stereocenters. The zero-order valence-corrected chi connectivity index (χ0v) is 17.3. The molecule has 0 atom stereocenters. The van der Waals surface area contributed by atoms with E-state index in [4.69, 9.17) is 9.47 Å². The highest BCUT2D eigenvalue weighted by atomic mass is 19.1. The first-order chi connectivity index (χ1) is 14.7. The Balaban J connectivity index is 1.32. The molecular formula is C24H28FN3O2. The molecule has 1 fully saturated rings. The zero-order valence-electron chi connectivity index (χ0n) is 17.3. The van der Waals surface area contributed by atoms with Gasteiger partial charge in [0.2, 0.25) is 0 Å². The van der Waals surface area contributed by atoms with E-state index in [1.807, 2.05) is 42.6 Å². The molecule has 1 aliphatic heterocycles. The molecule has 0 bridgehead atoms. The Bertz CT molecular complexity index is 974. The van der Waals surface area contributed by atoms with Gasteiger partial charge in [0.25, 0.3) is 0 Å².